The number of nitrogens with one attached hydrogen (secondary N) is 2. The van der Waals surface area contributed by atoms with Gasteiger partial charge in [-0.1, -0.05) is 23.7 Å². The molecule has 2 fully saturated rings. The van der Waals surface area contributed by atoms with E-state index in [9.17, 15) is 18.0 Å². The highest BCUT2D eigenvalue weighted by atomic mass is 35.5. The minimum atomic E-state index is -3.68. The SMILES string of the molecule is CN(C)C(=O)Oc1cc2oc(=O)c(Cc3cccc(NS(=O)(=O)C4CC4)c3F)c(CN3CCNCC3)c2cc1Cl. The number of ether oxygens (including phenoxy) is 1. The normalized spacial score (nSPS) is 16.2. The number of amides is 1. The molecule has 0 atom stereocenters. The monoisotopic (exact) mass is 592 g/mol. The van der Waals surface area contributed by atoms with Crippen molar-refractivity contribution in [3.8, 4) is 5.75 Å². The summed E-state index contributed by atoms with van der Waals surface area (Å²) >= 11 is 6.49. The number of sulfonamides is 1. The maximum atomic E-state index is 15.6. The van der Waals surface area contributed by atoms with Crippen molar-refractivity contribution in [3.63, 3.8) is 0 Å². The van der Waals surface area contributed by atoms with Crippen LogP contribution < -0.4 is 20.4 Å². The van der Waals surface area contributed by atoms with Gasteiger partial charge in [0.1, 0.15) is 5.58 Å². The number of hydrogen-bond acceptors (Lipinski definition) is 8. The lowest BCUT2D eigenvalue weighted by Crippen LogP contribution is -2.43. The highest BCUT2D eigenvalue weighted by Gasteiger charge is 2.36. The molecular weight excluding hydrogens is 563 g/mol. The number of hydrogen-bond donors (Lipinski definition) is 2. The maximum Gasteiger partial charge on any atom is 0.414 e. The Hall–Kier alpha value is -3.19. The fourth-order valence-electron chi connectivity index (χ4n) is 4.62. The number of fused-ring (bicyclic) bond motifs is 1. The van der Waals surface area contributed by atoms with Gasteiger partial charge in [-0.25, -0.2) is 22.4 Å². The number of nitrogens with zero attached hydrogens (tertiary/aromatic N) is 2. The lowest BCUT2D eigenvalue weighted by molar-refractivity contribution is 0.172. The second kappa shape index (κ2) is 11.4. The summed E-state index contributed by atoms with van der Waals surface area (Å²) in [4.78, 5) is 28.9. The number of anilines is 1. The predicted octanol–water partition coefficient (Wildman–Crippen LogP) is 3.55. The molecule has 0 radical (unpaired) electrons. The average molecular weight is 593 g/mol. The van der Waals surface area contributed by atoms with Gasteiger partial charge in [0, 0.05) is 70.3 Å². The van der Waals surface area contributed by atoms with E-state index in [4.69, 9.17) is 20.8 Å². The first-order valence-electron chi connectivity index (χ1n) is 12.9. The maximum absolute atomic E-state index is 15.6. The van der Waals surface area contributed by atoms with Gasteiger partial charge in [0.05, 0.1) is 16.0 Å². The van der Waals surface area contributed by atoms with E-state index in [2.05, 4.69) is 14.9 Å². The summed E-state index contributed by atoms with van der Waals surface area (Å²) in [6.07, 6.45) is 0.319. The van der Waals surface area contributed by atoms with Gasteiger partial charge in [-0.15, -0.1) is 0 Å². The van der Waals surface area contributed by atoms with Crippen molar-refractivity contribution in [1.29, 1.82) is 0 Å². The molecule has 1 saturated heterocycles. The van der Waals surface area contributed by atoms with Crippen molar-refractivity contribution in [2.45, 2.75) is 31.1 Å². The van der Waals surface area contributed by atoms with Crippen molar-refractivity contribution < 1.29 is 26.8 Å². The first-order valence-corrected chi connectivity index (χ1v) is 14.8. The molecule has 1 saturated carbocycles. The van der Waals surface area contributed by atoms with Crippen LogP contribution in [-0.4, -0.2) is 69.8 Å². The van der Waals surface area contributed by atoms with Gasteiger partial charge in [0.2, 0.25) is 10.0 Å². The average Bonchev–Trinajstić information content (AvgIpc) is 3.76. The second-order valence-corrected chi connectivity index (χ2v) is 12.6. The van der Waals surface area contributed by atoms with Crippen LogP contribution in [0.3, 0.4) is 0 Å². The van der Waals surface area contributed by atoms with Gasteiger partial charge in [0.15, 0.2) is 11.6 Å². The summed E-state index contributed by atoms with van der Waals surface area (Å²) in [5.41, 5.74) is 0.343. The zero-order valence-electron chi connectivity index (χ0n) is 22.1. The smallest absolute Gasteiger partial charge is 0.414 e. The number of halogens is 2. The first kappa shape index (κ1) is 28.3. The van der Waals surface area contributed by atoms with Crippen molar-refractivity contribution in [2.24, 2.45) is 0 Å². The van der Waals surface area contributed by atoms with Crippen LogP contribution in [0.2, 0.25) is 5.02 Å². The predicted molar refractivity (Wildman–Crippen MR) is 150 cm³/mol. The molecule has 2 aliphatic rings. The number of benzene rings is 2. The van der Waals surface area contributed by atoms with Crippen molar-refractivity contribution in [3.05, 3.63) is 68.3 Å². The summed E-state index contributed by atoms with van der Waals surface area (Å²) in [6.45, 7) is 3.40. The standard InChI is InChI=1S/C27H30ClFN4O6S/c1-32(2)27(35)39-24-14-23-18(13-21(24)28)20(15-33-10-8-30-9-11-33)19(26(34)38-23)12-16-4-3-5-22(25(16)29)31-40(36,37)17-6-7-17/h3-5,13-14,17,30-31H,6-12,15H2,1-2H3. The number of rotatable bonds is 8. The van der Waals surface area contributed by atoms with Gasteiger partial charge in [-0.3, -0.25) is 9.62 Å². The Morgan fingerprint density at radius 3 is 2.62 bits per heavy atom. The fraction of sp³-hybridized carbons (Fsp3) is 0.407. The summed E-state index contributed by atoms with van der Waals surface area (Å²) in [7, 11) is -0.620. The van der Waals surface area contributed by atoms with Crippen LogP contribution in [-0.2, 0) is 23.0 Å². The Morgan fingerprint density at radius 1 is 1.23 bits per heavy atom. The molecule has 1 amide bonds. The zero-order chi connectivity index (χ0) is 28.6. The van der Waals surface area contributed by atoms with Crippen molar-refractivity contribution >= 4 is 44.4 Å². The molecule has 2 aromatic carbocycles. The molecule has 2 heterocycles. The molecule has 5 rings (SSSR count). The minimum absolute atomic E-state index is 0.0404. The fourth-order valence-corrected chi connectivity index (χ4v) is 6.21. The van der Waals surface area contributed by atoms with E-state index >= 15 is 4.39 Å². The number of carbonyl (C=O) groups excluding carboxylic acids is 1. The topological polar surface area (TPSA) is 121 Å². The third-order valence-corrected chi connectivity index (χ3v) is 9.14. The molecule has 214 valence electrons. The molecule has 3 aromatic rings. The summed E-state index contributed by atoms with van der Waals surface area (Å²) < 4.78 is 53.7. The van der Waals surface area contributed by atoms with E-state index in [-0.39, 0.29) is 39.6 Å². The first-order chi connectivity index (χ1) is 19.0. The van der Waals surface area contributed by atoms with Crippen LogP contribution in [0.1, 0.15) is 29.5 Å². The Kier molecular flexibility index (Phi) is 8.05. The Labute approximate surface area is 236 Å². The van der Waals surface area contributed by atoms with Crippen LogP contribution in [0, 0.1) is 5.82 Å². The quantitative estimate of drug-likeness (QED) is 0.381. The van der Waals surface area contributed by atoms with Gasteiger partial charge < -0.3 is 19.4 Å². The van der Waals surface area contributed by atoms with Gasteiger partial charge in [-0.05, 0) is 36.1 Å². The van der Waals surface area contributed by atoms with Crippen LogP contribution >= 0.6 is 11.6 Å². The number of carbonyl (C=O) groups is 1. The second-order valence-electron chi connectivity index (χ2n) is 10.2. The lowest BCUT2D eigenvalue weighted by atomic mass is 9.97. The lowest BCUT2D eigenvalue weighted by Gasteiger charge is -2.28. The third kappa shape index (κ3) is 6.09. The van der Waals surface area contributed by atoms with E-state index in [0.717, 1.165) is 26.2 Å². The molecule has 1 aromatic heterocycles. The van der Waals surface area contributed by atoms with Gasteiger partial charge >= 0.3 is 11.7 Å². The Morgan fingerprint density at radius 2 is 1.95 bits per heavy atom. The van der Waals surface area contributed by atoms with E-state index in [1.54, 1.807) is 12.1 Å². The largest absolute Gasteiger partial charge is 0.422 e. The molecule has 10 nitrogen and oxygen atoms in total. The molecule has 13 heteroatoms. The van der Waals surface area contributed by atoms with Gasteiger partial charge in [0.25, 0.3) is 0 Å². The van der Waals surface area contributed by atoms with Crippen LogP contribution in [0.4, 0.5) is 14.9 Å². The van der Waals surface area contributed by atoms with E-state index in [0.29, 0.717) is 30.3 Å². The Balaban J connectivity index is 1.57. The van der Waals surface area contributed by atoms with Crippen LogP contribution in [0.5, 0.6) is 5.75 Å². The molecule has 0 spiro atoms. The van der Waals surface area contributed by atoms with Gasteiger partial charge in [-0.2, -0.15) is 0 Å². The molecule has 1 aliphatic carbocycles. The minimum Gasteiger partial charge on any atom is -0.422 e. The molecule has 40 heavy (non-hydrogen) atoms. The van der Waals surface area contributed by atoms with E-state index in [1.165, 1.54) is 37.2 Å². The Bertz CT molecular complexity index is 1620. The molecule has 0 unspecified atom stereocenters. The summed E-state index contributed by atoms with van der Waals surface area (Å²) in [6, 6.07) is 7.40. The van der Waals surface area contributed by atoms with Crippen LogP contribution in [0.25, 0.3) is 11.0 Å². The van der Waals surface area contributed by atoms with E-state index < -0.39 is 32.8 Å². The molecular formula is C27H30ClFN4O6S. The highest BCUT2D eigenvalue weighted by molar-refractivity contribution is 7.93. The van der Waals surface area contributed by atoms with Crippen LogP contribution in [0.15, 0.2) is 39.5 Å². The summed E-state index contributed by atoms with van der Waals surface area (Å²) in [5, 5.41) is 3.46. The van der Waals surface area contributed by atoms with E-state index in [1.807, 2.05) is 0 Å². The molecule has 1 aliphatic heterocycles. The van der Waals surface area contributed by atoms with Crippen molar-refractivity contribution in [2.75, 3.05) is 45.0 Å². The zero-order valence-corrected chi connectivity index (χ0v) is 23.7. The molecule has 2 N–H and O–H groups in total. The highest BCUT2D eigenvalue weighted by Crippen LogP contribution is 2.35. The number of piperazine rings is 1. The van der Waals surface area contributed by atoms with Crippen molar-refractivity contribution in [1.82, 2.24) is 15.1 Å². The third-order valence-electron chi connectivity index (χ3n) is 6.99. The summed E-state index contributed by atoms with van der Waals surface area (Å²) in [5.74, 6) is -0.707. The molecule has 0 bridgehead atoms.